The van der Waals surface area contributed by atoms with E-state index in [0.29, 0.717) is 41.2 Å². The normalized spacial score (nSPS) is 27.1. The lowest BCUT2D eigenvalue weighted by Gasteiger charge is -2.60. The molecule has 0 aliphatic heterocycles. The number of nitrogens with one attached hydrogen (secondary N) is 1. The van der Waals surface area contributed by atoms with Crippen LogP contribution in [0.2, 0.25) is 0 Å². The first kappa shape index (κ1) is 25.8. The lowest BCUT2D eigenvalue weighted by Crippen LogP contribution is -2.58. The van der Waals surface area contributed by atoms with Crippen molar-refractivity contribution in [3.63, 3.8) is 0 Å². The number of nitrogens with zero attached hydrogens (tertiary/aromatic N) is 2. The molecule has 0 spiro atoms. The molecule has 206 valence electrons. The third-order valence-electron chi connectivity index (χ3n) is 9.07. The molecule has 4 aliphatic carbocycles. The number of carbonyl (C=O) groups is 2. The van der Waals surface area contributed by atoms with Gasteiger partial charge in [-0.1, -0.05) is 6.07 Å². The summed E-state index contributed by atoms with van der Waals surface area (Å²) in [6, 6.07) is 5.42. The van der Waals surface area contributed by atoms with Crippen molar-refractivity contribution in [3.8, 4) is 5.75 Å². The summed E-state index contributed by atoms with van der Waals surface area (Å²) < 4.78 is 41.0. The van der Waals surface area contributed by atoms with Crippen molar-refractivity contribution in [2.75, 3.05) is 13.7 Å². The third kappa shape index (κ3) is 4.36. The minimum absolute atomic E-state index is 0.108. The van der Waals surface area contributed by atoms with E-state index in [0.717, 1.165) is 44.1 Å². The van der Waals surface area contributed by atoms with Crippen LogP contribution in [0.4, 0.5) is 8.78 Å². The average molecular weight is 538 g/mol. The number of hydrogen-bond donors (Lipinski definition) is 1. The molecule has 2 unspecified atom stereocenters. The molecule has 2 heterocycles. The Balaban J connectivity index is 1.24. The minimum atomic E-state index is -0.683. The zero-order valence-electron chi connectivity index (χ0n) is 22.5. The van der Waals surface area contributed by atoms with Crippen LogP contribution in [0.25, 0.3) is 5.65 Å². The molecule has 4 fully saturated rings. The number of pyridine rings is 1. The minimum Gasteiger partial charge on any atom is -0.485 e. The Morgan fingerprint density at radius 1 is 1.13 bits per heavy atom. The first-order valence-electron chi connectivity index (χ1n) is 13.5. The highest BCUT2D eigenvalue weighted by atomic mass is 19.1. The second kappa shape index (κ2) is 9.31. The number of hydrogen-bond acceptors (Lipinski definition) is 5. The topological polar surface area (TPSA) is 81.9 Å². The van der Waals surface area contributed by atoms with Crippen molar-refractivity contribution >= 4 is 17.5 Å². The van der Waals surface area contributed by atoms with Gasteiger partial charge in [-0.15, -0.1) is 0 Å². The summed E-state index contributed by atoms with van der Waals surface area (Å²) in [5.41, 5.74) is 1.41. The number of fused-ring (bicyclic) bond motifs is 1. The molecule has 39 heavy (non-hydrogen) atoms. The number of methoxy groups -OCH3 is 1. The lowest BCUT2D eigenvalue weighted by atomic mass is 9.44. The van der Waals surface area contributed by atoms with Gasteiger partial charge >= 0.3 is 5.97 Å². The van der Waals surface area contributed by atoms with Gasteiger partial charge in [-0.25, -0.2) is 13.8 Å². The average Bonchev–Trinajstić information content (AvgIpc) is 3.21. The van der Waals surface area contributed by atoms with Crippen molar-refractivity contribution in [2.24, 2.45) is 22.7 Å². The molecule has 4 saturated carbocycles. The summed E-state index contributed by atoms with van der Waals surface area (Å²) in [6.07, 6.45) is 7.50. The second-order valence-corrected chi connectivity index (χ2v) is 12.0. The Morgan fingerprint density at radius 2 is 1.82 bits per heavy atom. The Kier molecular flexibility index (Phi) is 6.15. The van der Waals surface area contributed by atoms with E-state index in [1.54, 1.807) is 23.6 Å². The SMILES string of the molecule is COC(=O)C12CC3CC(CC(CNC(=O)c4c(C)nc5c(OCc6c(F)cccc6F)cc(C)cn45)(C3)C1)C2. The van der Waals surface area contributed by atoms with Crippen molar-refractivity contribution in [3.05, 3.63) is 64.6 Å². The van der Waals surface area contributed by atoms with Gasteiger partial charge in [0.25, 0.3) is 5.91 Å². The van der Waals surface area contributed by atoms with E-state index >= 15 is 0 Å². The Hall–Kier alpha value is -3.49. The molecule has 0 radical (unpaired) electrons. The number of halogens is 2. The van der Waals surface area contributed by atoms with Crippen LogP contribution in [0.1, 0.15) is 65.8 Å². The van der Waals surface area contributed by atoms with Crippen LogP contribution < -0.4 is 10.1 Å². The maximum Gasteiger partial charge on any atom is 0.311 e. The van der Waals surface area contributed by atoms with Crippen LogP contribution in [-0.4, -0.2) is 34.9 Å². The number of rotatable bonds is 7. The predicted molar refractivity (Wildman–Crippen MR) is 139 cm³/mol. The molecular weight excluding hydrogens is 504 g/mol. The smallest absolute Gasteiger partial charge is 0.311 e. The molecule has 2 atom stereocenters. The molecule has 0 saturated heterocycles. The van der Waals surface area contributed by atoms with Crippen molar-refractivity contribution < 1.29 is 27.8 Å². The molecule has 3 aromatic rings. The first-order valence-corrected chi connectivity index (χ1v) is 13.5. The monoisotopic (exact) mass is 537 g/mol. The molecule has 4 bridgehead atoms. The summed E-state index contributed by atoms with van der Waals surface area (Å²) in [4.78, 5) is 31.0. The van der Waals surface area contributed by atoms with E-state index in [9.17, 15) is 18.4 Å². The standard InChI is InChI=1S/C30H33F2N3O4/c1-17-7-24(39-14-21-22(31)5-4-6-23(21)32)26-34-18(2)25(35(26)13-17)27(36)33-16-29-9-19-8-20(10-29)12-30(11-19,15-29)28(37)38-3/h4-7,13,19-20H,8-12,14-16H2,1-3H3,(H,33,36). The molecule has 7 rings (SSSR count). The molecule has 1 N–H and O–H groups in total. The second-order valence-electron chi connectivity index (χ2n) is 12.0. The lowest BCUT2D eigenvalue weighted by molar-refractivity contribution is -0.177. The Labute approximate surface area is 225 Å². The molecule has 1 aromatic carbocycles. The highest BCUT2D eigenvalue weighted by Crippen LogP contribution is 2.65. The fourth-order valence-corrected chi connectivity index (χ4v) is 8.02. The van der Waals surface area contributed by atoms with Gasteiger partial charge in [0.05, 0.1) is 23.8 Å². The van der Waals surface area contributed by atoms with Crippen LogP contribution in [0.5, 0.6) is 5.75 Å². The van der Waals surface area contributed by atoms with Gasteiger partial charge < -0.3 is 14.8 Å². The quantitative estimate of drug-likeness (QED) is 0.414. The van der Waals surface area contributed by atoms with E-state index < -0.39 is 17.0 Å². The molecule has 4 aliphatic rings. The van der Waals surface area contributed by atoms with Gasteiger partial charge in [-0.3, -0.25) is 14.0 Å². The van der Waals surface area contributed by atoms with Gasteiger partial charge in [0.2, 0.25) is 0 Å². The third-order valence-corrected chi connectivity index (χ3v) is 9.07. The Bertz CT molecular complexity index is 1450. The van der Waals surface area contributed by atoms with Crippen LogP contribution in [-0.2, 0) is 16.1 Å². The summed E-state index contributed by atoms with van der Waals surface area (Å²) >= 11 is 0. The van der Waals surface area contributed by atoms with E-state index in [1.807, 2.05) is 6.92 Å². The predicted octanol–water partition coefficient (Wildman–Crippen LogP) is 5.30. The number of ether oxygens (including phenoxy) is 2. The van der Waals surface area contributed by atoms with Gasteiger partial charge in [0.15, 0.2) is 11.4 Å². The first-order chi connectivity index (χ1) is 18.6. The van der Waals surface area contributed by atoms with E-state index in [-0.39, 0.29) is 29.5 Å². The Morgan fingerprint density at radius 3 is 2.49 bits per heavy atom. The molecule has 9 heteroatoms. The van der Waals surface area contributed by atoms with Gasteiger partial charge in [-0.2, -0.15) is 0 Å². The number of amides is 1. The summed E-state index contributed by atoms with van der Waals surface area (Å²) in [7, 11) is 1.47. The van der Waals surface area contributed by atoms with Crippen molar-refractivity contribution in [1.29, 1.82) is 0 Å². The van der Waals surface area contributed by atoms with Crippen LogP contribution in [0, 0.1) is 48.1 Å². The molecule has 2 aromatic heterocycles. The van der Waals surface area contributed by atoms with Crippen LogP contribution >= 0.6 is 0 Å². The number of esters is 1. The zero-order valence-corrected chi connectivity index (χ0v) is 22.5. The van der Waals surface area contributed by atoms with Gasteiger partial charge in [0.1, 0.15) is 23.9 Å². The number of aryl methyl sites for hydroxylation is 2. The summed E-state index contributed by atoms with van der Waals surface area (Å²) in [5.74, 6) is -0.416. The molecular formula is C30H33F2N3O4. The molecule has 7 nitrogen and oxygen atoms in total. The maximum atomic E-state index is 14.1. The number of carbonyl (C=O) groups excluding carboxylic acids is 2. The summed E-state index contributed by atoms with van der Waals surface area (Å²) in [5, 5.41) is 3.17. The van der Waals surface area contributed by atoms with Gasteiger partial charge in [-0.05, 0) is 93.4 Å². The highest BCUT2D eigenvalue weighted by molar-refractivity contribution is 5.95. The fraction of sp³-hybridized carbons (Fsp3) is 0.500. The fourth-order valence-electron chi connectivity index (χ4n) is 8.02. The number of imidazole rings is 1. The van der Waals surface area contributed by atoms with Crippen molar-refractivity contribution in [1.82, 2.24) is 14.7 Å². The maximum absolute atomic E-state index is 14.1. The van der Waals surface area contributed by atoms with E-state index in [2.05, 4.69) is 10.3 Å². The summed E-state index contributed by atoms with van der Waals surface area (Å²) in [6.45, 7) is 3.80. The van der Waals surface area contributed by atoms with Crippen LogP contribution in [0.15, 0.2) is 30.5 Å². The van der Waals surface area contributed by atoms with E-state index in [4.69, 9.17) is 9.47 Å². The number of benzene rings is 1. The van der Waals surface area contributed by atoms with Gasteiger partial charge in [0, 0.05) is 12.7 Å². The number of aromatic nitrogens is 2. The van der Waals surface area contributed by atoms with Crippen molar-refractivity contribution in [2.45, 2.75) is 59.0 Å². The largest absolute Gasteiger partial charge is 0.485 e. The van der Waals surface area contributed by atoms with Crippen LogP contribution in [0.3, 0.4) is 0 Å². The highest BCUT2D eigenvalue weighted by Gasteiger charge is 2.61. The van der Waals surface area contributed by atoms with E-state index in [1.165, 1.54) is 25.3 Å². The zero-order chi connectivity index (χ0) is 27.5. The molecule has 1 amide bonds.